The lowest BCUT2D eigenvalue weighted by atomic mass is 10.2. The van der Waals surface area contributed by atoms with Crippen molar-refractivity contribution in [1.29, 1.82) is 0 Å². The third kappa shape index (κ3) is 3.82. The van der Waals surface area contributed by atoms with Gasteiger partial charge in [0.25, 0.3) is 0 Å². The summed E-state index contributed by atoms with van der Waals surface area (Å²) in [6.45, 7) is 7.42. The molecule has 2 aromatic carbocycles. The summed E-state index contributed by atoms with van der Waals surface area (Å²) >= 11 is 0. The molecule has 0 spiro atoms. The molecule has 2 aromatic heterocycles. The van der Waals surface area contributed by atoms with Crippen LogP contribution in [0.15, 0.2) is 54.7 Å². The van der Waals surface area contributed by atoms with Crippen LogP contribution >= 0.6 is 0 Å². The quantitative estimate of drug-likeness (QED) is 0.500. The molecule has 3 heterocycles. The molecule has 1 saturated heterocycles. The number of aromatic nitrogens is 4. The highest BCUT2D eigenvalue weighted by Gasteiger charge is 2.17. The lowest BCUT2D eigenvalue weighted by molar-refractivity contribution is 0.271. The first-order valence-corrected chi connectivity index (χ1v) is 10.7. The number of rotatable bonds is 5. The number of nitrogens with one attached hydrogen (secondary N) is 1. The van der Waals surface area contributed by atoms with Crippen molar-refractivity contribution < 1.29 is 4.39 Å². The molecule has 1 aliphatic rings. The van der Waals surface area contributed by atoms with E-state index in [4.69, 9.17) is 5.73 Å². The molecule has 0 amide bonds. The fourth-order valence-corrected chi connectivity index (χ4v) is 4.02. The number of anilines is 4. The Balaban J connectivity index is 1.37. The van der Waals surface area contributed by atoms with Gasteiger partial charge in [-0.3, -0.25) is 0 Å². The van der Waals surface area contributed by atoms with Gasteiger partial charge in [0.15, 0.2) is 11.6 Å². The monoisotopic (exact) mass is 432 g/mol. The molecule has 5 rings (SSSR count). The number of benzene rings is 2. The molecule has 9 heteroatoms. The minimum absolute atomic E-state index is 0.0801. The zero-order chi connectivity index (χ0) is 22.1. The van der Waals surface area contributed by atoms with Gasteiger partial charge in [0.1, 0.15) is 0 Å². The predicted octanol–water partition coefficient (Wildman–Crippen LogP) is 3.42. The van der Waals surface area contributed by atoms with Crippen molar-refractivity contribution in [2.75, 3.05) is 48.7 Å². The lowest BCUT2D eigenvalue weighted by Gasteiger charge is -2.35. The lowest BCUT2D eigenvalue weighted by Crippen LogP contribution is -2.46. The summed E-state index contributed by atoms with van der Waals surface area (Å²) in [5.74, 6) is 0.0368. The third-order valence-corrected chi connectivity index (χ3v) is 5.83. The zero-order valence-electron chi connectivity index (χ0n) is 17.9. The van der Waals surface area contributed by atoms with Gasteiger partial charge in [-0.2, -0.15) is 4.98 Å². The number of halogens is 1. The Kier molecular flexibility index (Phi) is 5.32. The topological polar surface area (TPSA) is 88.1 Å². The van der Waals surface area contributed by atoms with E-state index in [9.17, 15) is 4.39 Å². The van der Waals surface area contributed by atoms with Gasteiger partial charge in [0.2, 0.25) is 11.9 Å². The minimum atomic E-state index is -0.545. The van der Waals surface area contributed by atoms with Crippen LogP contribution in [0.1, 0.15) is 6.92 Å². The Labute approximate surface area is 185 Å². The van der Waals surface area contributed by atoms with E-state index >= 15 is 0 Å². The van der Waals surface area contributed by atoms with Crippen molar-refractivity contribution in [2.45, 2.75) is 6.92 Å². The van der Waals surface area contributed by atoms with Gasteiger partial charge < -0.3 is 20.9 Å². The number of para-hydroxylation sites is 2. The first-order chi connectivity index (χ1) is 15.6. The van der Waals surface area contributed by atoms with E-state index in [-0.39, 0.29) is 17.7 Å². The number of fused-ring (bicyclic) bond motifs is 1. The van der Waals surface area contributed by atoms with Crippen LogP contribution in [0.5, 0.6) is 0 Å². The number of nitrogen functional groups attached to an aromatic ring is 1. The summed E-state index contributed by atoms with van der Waals surface area (Å²) in [5, 5.41) is 3.06. The molecular weight excluding hydrogens is 407 g/mol. The maximum Gasteiger partial charge on any atom is 0.239 e. The van der Waals surface area contributed by atoms with Gasteiger partial charge in [0, 0.05) is 37.6 Å². The van der Waals surface area contributed by atoms with Crippen molar-refractivity contribution in [3.63, 3.8) is 0 Å². The second kappa shape index (κ2) is 8.43. The van der Waals surface area contributed by atoms with Gasteiger partial charge in [-0.1, -0.05) is 19.1 Å². The van der Waals surface area contributed by atoms with Crippen LogP contribution in [0, 0.1) is 5.82 Å². The highest BCUT2D eigenvalue weighted by molar-refractivity contribution is 5.80. The van der Waals surface area contributed by atoms with Crippen molar-refractivity contribution in [3.05, 3.63) is 60.5 Å². The van der Waals surface area contributed by atoms with Crippen LogP contribution in [-0.4, -0.2) is 57.1 Å². The van der Waals surface area contributed by atoms with E-state index < -0.39 is 5.82 Å². The van der Waals surface area contributed by atoms with Gasteiger partial charge in [-0.25, -0.2) is 18.9 Å². The van der Waals surface area contributed by atoms with Crippen molar-refractivity contribution in [3.8, 4) is 5.95 Å². The Bertz CT molecular complexity index is 1230. The number of hydrogen-bond acceptors (Lipinski definition) is 7. The highest BCUT2D eigenvalue weighted by atomic mass is 19.1. The molecule has 1 fully saturated rings. The maximum absolute atomic E-state index is 14.5. The number of piperazine rings is 1. The van der Waals surface area contributed by atoms with E-state index in [0.29, 0.717) is 0 Å². The number of imidazole rings is 1. The van der Waals surface area contributed by atoms with E-state index in [2.05, 4.69) is 37.0 Å². The second-order valence-electron chi connectivity index (χ2n) is 7.75. The molecule has 0 aliphatic carbocycles. The molecular formula is C23H25FN8. The molecule has 1 aliphatic heterocycles. The predicted molar refractivity (Wildman–Crippen MR) is 125 cm³/mol. The normalized spacial score (nSPS) is 14.8. The van der Waals surface area contributed by atoms with Crippen LogP contribution in [0.3, 0.4) is 0 Å². The average molecular weight is 433 g/mol. The zero-order valence-corrected chi connectivity index (χ0v) is 17.9. The Morgan fingerprint density at radius 1 is 1.00 bits per heavy atom. The summed E-state index contributed by atoms with van der Waals surface area (Å²) in [7, 11) is 0. The molecule has 0 saturated carbocycles. The van der Waals surface area contributed by atoms with Crippen LogP contribution in [0.2, 0.25) is 0 Å². The van der Waals surface area contributed by atoms with Crippen molar-refractivity contribution in [2.24, 2.45) is 0 Å². The van der Waals surface area contributed by atoms with Crippen molar-refractivity contribution >= 4 is 34.2 Å². The number of nitrogens with two attached hydrogens (primary N) is 1. The standard InChI is InChI=1S/C23H25FN8/c1-2-30-11-13-31(14-12-30)17-9-7-16(8-10-17)27-21-18(24)15-26-23(29-21)32-20-6-4-3-5-19(20)28-22(32)25/h3-10,15H,2,11-14H2,1H3,(H2,25,28)(H,26,27,29). The molecule has 4 aromatic rings. The summed E-state index contributed by atoms with van der Waals surface area (Å²) in [6, 6.07) is 15.5. The van der Waals surface area contributed by atoms with E-state index in [1.807, 2.05) is 48.5 Å². The molecule has 0 radical (unpaired) electrons. The number of nitrogens with zero attached hydrogens (tertiary/aromatic N) is 6. The van der Waals surface area contributed by atoms with Crippen LogP contribution in [0.25, 0.3) is 17.0 Å². The first kappa shape index (κ1) is 20.2. The minimum Gasteiger partial charge on any atom is -0.369 e. The summed E-state index contributed by atoms with van der Waals surface area (Å²) in [5.41, 5.74) is 9.47. The van der Waals surface area contributed by atoms with Gasteiger partial charge in [-0.05, 0) is 42.9 Å². The molecule has 3 N–H and O–H groups in total. The van der Waals surface area contributed by atoms with Crippen LogP contribution in [-0.2, 0) is 0 Å². The van der Waals surface area contributed by atoms with Gasteiger partial charge >= 0.3 is 0 Å². The van der Waals surface area contributed by atoms with Gasteiger partial charge in [0.05, 0.1) is 17.2 Å². The smallest absolute Gasteiger partial charge is 0.239 e. The van der Waals surface area contributed by atoms with Crippen LogP contribution < -0.4 is 16.0 Å². The highest BCUT2D eigenvalue weighted by Crippen LogP contribution is 2.25. The maximum atomic E-state index is 14.5. The molecule has 8 nitrogen and oxygen atoms in total. The summed E-state index contributed by atoms with van der Waals surface area (Å²) in [6.07, 6.45) is 1.14. The Morgan fingerprint density at radius 2 is 1.75 bits per heavy atom. The fourth-order valence-electron chi connectivity index (χ4n) is 4.02. The largest absolute Gasteiger partial charge is 0.369 e. The van der Waals surface area contributed by atoms with E-state index in [0.717, 1.165) is 61.3 Å². The number of hydrogen-bond donors (Lipinski definition) is 2. The van der Waals surface area contributed by atoms with Crippen molar-refractivity contribution in [1.82, 2.24) is 24.4 Å². The number of likely N-dealkylation sites (N-methyl/N-ethyl adjacent to an activating group) is 1. The van der Waals surface area contributed by atoms with Crippen LogP contribution in [0.4, 0.5) is 27.5 Å². The van der Waals surface area contributed by atoms with E-state index in [1.54, 1.807) is 4.57 Å². The van der Waals surface area contributed by atoms with E-state index in [1.165, 1.54) is 0 Å². The molecule has 32 heavy (non-hydrogen) atoms. The fraction of sp³-hybridized carbons (Fsp3) is 0.261. The third-order valence-electron chi connectivity index (χ3n) is 5.83. The Hall–Kier alpha value is -3.72. The molecule has 164 valence electrons. The SMILES string of the molecule is CCN1CCN(c2ccc(Nc3nc(-n4c(N)nc5ccccc54)ncc3F)cc2)CC1. The summed E-state index contributed by atoms with van der Waals surface area (Å²) < 4.78 is 16.1. The second-order valence-corrected chi connectivity index (χ2v) is 7.75. The summed E-state index contributed by atoms with van der Waals surface area (Å²) in [4.78, 5) is 17.6. The molecule has 0 bridgehead atoms. The van der Waals surface area contributed by atoms with Gasteiger partial charge in [-0.15, -0.1) is 0 Å². The average Bonchev–Trinajstić information content (AvgIpc) is 3.17. The Morgan fingerprint density at radius 3 is 2.50 bits per heavy atom. The molecule has 0 unspecified atom stereocenters. The first-order valence-electron chi connectivity index (χ1n) is 10.7. The molecule has 0 atom stereocenters.